The minimum Gasteiger partial charge on any atom is -0.381 e. The molecule has 0 amide bonds. The van der Waals surface area contributed by atoms with Crippen molar-refractivity contribution in [3.63, 3.8) is 0 Å². The predicted octanol–water partition coefficient (Wildman–Crippen LogP) is 5.99. The predicted molar refractivity (Wildman–Crippen MR) is 147 cm³/mol. The Morgan fingerprint density at radius 1 is 1.02 bits per heavy atom. The van der Waals surface area contributed by atoms with Gasteiger partial charge in [-0.1, -0.05) is 18.2 Å². The number of pyridine rings is 2. The quantitative estimate of drug-likeness (QED) is 0.253. The topological polar surface area (TPSA) is 96.1 Å². The van der Waals surface area contributed by atoms with Crippen LogP contribution < -0.4 is 5.73 Å². The number of ether oxygens (including phenoxy) is 1. The summed E-state index contributed by atoms with van der Waals surface area (Å²) in [7, 11) is 0. The van der Waals surface area contributed by atoms with Crippen LogP contribution in [0.15, 0.2) is 72.1 Å². The first-order valence-electron chi connectivity index (χ1n) is 12.8. The highest BCUT2D eigenvalue weighted by molar-refractivity contribution is 7.98. The van der Waals surface area contributed by atoms with Gasteiger partial charge >= 0.3 is 6.18 Å². The molecule has 0 radical (unpaired) electrons. The second-order valence-corrected chi connectivity index (χ2v) is 10.6. The van der Waals surface area contributed by atoms with E-state index in [1.165, 1.54) is 12.3 Å². The van der Waals surface area contributed by atoms with Gasteiger partial charge in [0.25, 0.3) is 0 Å². The van der Waals surface area contributed by atoms with Gasteiger partial charge in [0.2, 0.25) is 5.95 Å². The Balaban J connectivity index is 1.42. The molecule has 0 spiro atoms. The molecule has 1 saturated heterocycles. The number of nitrogens with zero attached hydrogens (tertiary/aromatic N) is 6. The van der Waals surface area contributed by atoms with Crippen molar-refractivity contribution in [1.29, 1.82) is 0 Å². The summed E-state index contributed by atoms with van der Waals surface area (Å²) < 4.78 is 48.6. The lowest BCUT2D eigenvalue weighted by Gasteiger charge is -2.30. The SMILES string of the molecule is CSc1cccc(-c2cc(-c3cnn(C(c4ccc(C(F)(F)F)nc4)C4CCOCC4)c3)cn3nc(N)nc23)c1. The summed E-state index contributed by atoms with van der Waals surface area (Å²) >= 11 is 1.65. The number of alkyl halides is 3. The van der Waals surface area contributed by atoms with E-state index < -0.39 is 11.9 Å². The summed E-state index contributed by atoms with van der Waals surface area (Å²) in [5.74, 6) is 0.298. The number of hydrogen-bond donors (Lipinski definition) is 1. The van der Waals surface area contributed by atoms with E-state index in [1.807, 2.05) is 47.6 Å². The second kappa shape index (κ2) is 10.6. The van der Waals surface area contributed by atoms with Gasteiger partial charge < -0.3 is 10.5 Å². The van der Waals surface area contributed by atoms with Crippen molar-refractivity contribution in [2.75, 3.05) is 25.2 Å². The molecule has 5 heterocycles. The molecule has 4 aromatic heterocycles. The minimum absolute atomic E-state index is 0.127. The van der Waals surface area contributed by atoms with E-state index in [0.717, 1.165) is 46.1 Å². The lowest BCUT2D eigenvalue weighted by molar-refractivity contribution is -0.141. The molecule has 206 valence electrons. The molecule has 5 aromatic rings. The monoisotopic (exact) mass is 565 g/mol. The number of benzene rings is 1. The highest BCUT2D eigenvalue weighted by Crippen LogP contribution is 2.37. The first-order valence-corrected chi connectivity index (χ1v) is 14.0. The maximum atomic E-state index is 13.2. The van der Waals surface area contributed by atoms with Crippen molar-refractivity contribution in [3.05, 3.63) is 78.5 Å². The lowest BCUT2D eigenvalue weighted by Crippen LogP contribution is -2.27. The van der Waals surface area contributed by atoms with E-state index >= 15 is 0 Å². The van der Waals surface area contributed by atoms with Gasteiger partial charge in [0.1, 0.15) is 5.69 Å². The number of hydrogen-bond acceptors (Lipinski definition) is 7. The van der Waals surface area contributed by atoms with Gasteiger partial charge in [-0.15, -0.1) is 16.9 Å². The molecule has 40 heavy (non-hydrogen) atoms. The molecule has 12 heteroatoms. The first kappa shape index (κ1) is 26.3. The number of fused-ring (bicyclic) bond motifs is 1. The van der Waals surface area contributed by atoms with Crippen LogP contribution in [0.4, 0.5) is 19.1 Å². The van der Waals surface area contributed by atoms with Crippen LogP contribution in [0, 0.1) is 5.92 Å². The van der Waals surface area contributed by atoms with Crippen molar-refractivity contribution in [3.8, 4) is 22.3 Å². The molecule has 1 atom stereocenters. The third-order valence-corrected chi connectivity index (χ3v) is 7.91. The highest BCUT2D eigenvalue weighted by Gasteiger charge is 2.34. The molecular weight excluding hydrogens is 539 g/mol. The maximum Gasteiger partial charge on any atom is 0.433 e. The molecule has 0 bridgehead atoms. The third-order valence-electron chi connectivity index (χ3n) is 7.18. The Kier molecular flexibility index (Phi) is 6.97. The Morgan fingerprint density at radius 3 is 2.58 bits per heavy atom. The fourth-order valence-electron chi connectivity index (χ4n) is 5.22. The fourth-order valence-corrected chi connectivity index (χ4v) is 5.68. The lowest BCUT2D eigenvalue weighted by atomic mass is 9.87. The van der Waals surface area contributed by atoms with Gasteiger partial charge in [-0.2, -0.15) is 23.3 Å². The Bertz CT molecular complexity index is 1640. The van der Waals surface area contributed by atoms with Gasteiger partial charge in [0, 0.05) is 53.4 Å². The number of rotatable bonds is 6. The number of anilines is 1. The van der Waals surface area contributed by atoms with Crippen LogP contribution in [-0.4, -0.2) is 48.8 Å². The smallest absolute Gasteiger partial charge is 0.381 e. The van der Waals surface area contributed by atoms with Crippen LogP contribution in [0.1, 0.15) is 30.1 Å². The van der Waals surface area contributed by atoms with E-state index in [1.54, 1.807) is 22.5 Å². The zero-order valence-electron chi connectivity index (χ0n) is 21.5. The molecule has 1 fully saturated rings. The van der Waals surface area contributed by atoms with Gasteiger partial charge in [-0.3, -0.25) is 9.67 Å². The number of nitrogens with two attached hydrogens (primary N) is 1. The summed E-state index contributed by atoms with van der Waals surface area (Å²) in [6.07, 6.45) is 5.89. The molecule has 1 unspecified atom stereocenters. The number of halogens is 3. The van der Waals surface area contributed by atoms with E-state index in [4.69, 9.17) is 10.5 Å². The number of nitrogen functional groups attached to an aromatic ring is 1. The first-order chi connectivity index (χ1) is 19.3. The van der Waals surface area contributed by atoms with Crippen LogP contribution in [0.3, 0.4) is 0 Å². The highest BCUT2D eigenvalue weighted by atomic mass is 32.2. The molecule has 1 aliphatic heterocycles. The van der Waals surface area contributed by atoms with Crippen LogP contribution >= 0.6 is 11.8 Å². The van der Waals surface area contributed by atoms with Crippen LogP contribution in [0.2, 0.25) is 0 Å². The summed E-state index contributed by atoms with van der Waals surface area (Å²) in [6.45, 7) is 1.18. The fraction of sp³-hybridized carbons (Fsp3) is 0.286. The zero-order valence-corrected chi connectivity index (χ0v) is 22.4. The Hall–Kier alpha value is -3.90. The Labute approximate surface area is 232 Å². The Morgan fingerprint density at radius 2 is 1.85 bits per heavy atom. The van der Waals surface area contributed by atoms with Gasteiger partial charge in [0.05, 0.1) is 12.2 Å². The van der Waals surface area contributed by atoms with Crippen LogP contribution in [0.5, 0.6) is 0 Å². The largest absolute Gasteiger partial charge is 0.433 e. The van der Waals surface area contributed by atoms with Crippen molar-refractivity contribution >= 4 is 23.4 Å². The van der Waals surface area contributed by atoms with Crippen LogP contribution in [0.25, 0.3) is 27.9 Å². The average molecular weight is 566 g/mol. The molecule has 6 rings (SSSR count). The van der Waals surface area contributed by atoms with E-state index in [0.29, 0.717) is 24.4 Å². The number of aromatic nitrogens is 6. The normalized spacial score (nSPS) is 15.5. The molecule has 0 aliphatic carbocycles. The molecule has 8 nitrogen and oxygen atoms in total. The summed E-state index contributed by atoms with van der Waals surface area (Å²) in [4.78, 5) is 9.28. The summed E-state index contributed by atoms with van der Waals surface area (Å²) in [5, 5.41) is 9.04. The minimum atomic E-state index is -4.50. The van der Waals surface area contributed by atoms with Crippen molar-refractivity contribution in [2.45, 2.75) is 30.0 Å². The molecule has 1 aliphatic rings. The van der Waals surface area contributed by atoms with E-state index in [2.05, 4.69) is 26.2 Å². The van der Waals surface area contributed by atoms with E-state index in [9.17, 15) is 13.2 Å². The van der Waals surface area contributed by atoms with Gasteiger partial charge in [-0.05, 0) is 60.4 Å². The third kappa shape index (κ3) is 5.16. The molecule has 2 N–H and O–H groups in total. The average Bonchev–Trinajstić information content (AvgIpc) is 3.59. The van der Waals surface area contributed by atoms with Gasteiger partial charge in [0.15, 0.2) is 5.65 Å². The summed E-state index contributed by atoms with van der Waals surface area (Å²) in [5.41, 5.74) is 9.89. The second-order valence-electron chi connectivity index (χ2n) is 9.69. The standard InChI is InChI=1S/C28H26F3N7OS/c1-40-22-4-2-3-18(11-22)23-12-20(15-38-26(23)35-27(32)36-38)21-14-34-37(16-21)25(17-7-9-39-10-8-17)19-5-6-24(33-13-19)28(29,30)31/h2-6,11-17,25H,7-10H2,1H3,(H2,32,36). The van der Waals surface area contributed by atoms with E-state index in [-0.39, 0.29) is 17.9 Å². The van der Waals surface area contributed by atoms with Crippen molar-refractivity contribution in [1.82, 2.24) is 29.4 Å². The van der Waals surface area contributed by atoms with Crippen LogP contribution in [-0.2, 0) is 10.9 Å². The van der Waals surface area contributed by atoms with Crippen molar-refractivity contribution in [2.24, 2.45) is 5.92 Å². The summed E-state index contributed by atoms with van der Waals surface area (Å²) in [6, 6.07) is 12.4. The number of thioether (sulfide) groups is 1. The molecule has 1 aromatic carbocycles. The molecule has 0 saturated carbocycles. The van der Waals surface area contributed by atoms with Gasteiger partial charge in [-0.25, -0.2) is 4.52 Å². The zero-order chi connectivity index (χ0) is 27.9. The van der Waals surface area contributed by atoms with Crippen molar-refractivity contribution < 1.29 is 17.9 Å². The molecular formula is C28H26F3N7OS. The maximum absolute atomic E-state index is 13.2.